The van der Waals surface area contributed by atoms with Crippen LogP contribution in [-0.2, 0) is 9.84 Å². The molecule has 1 rings (SSSR count). The third-order valence-electron chi connectivity index (χ3n) is 2.20. The molecule has 0 saturated carbocycles. The number of aromatic carboxylic acids is 1. The van der Waals surface area contributed by atoms with Crippen LogP contribution >= 0.6 is 0 Å². The van der Waals surface area contributed by atoms with E-state index in [-0.39, 0.29) is 11.3 Å². The fraction of sp³-hybridized carbons (Fsp3) is 0.400. The van der Waals surface area contributed by atoms with E-state index in [0.29, 0.717) is 0 Å². The molecule has 0 aliphatic rings. The minimum absolute atomic E-state index is 0.0510. The second kappa shape index (κ2) is 4.70. The minimum atomic E-state index is -3.23. The van der Waals surface area contributed by atoms with E-state index >= 15 is 0 Å². The Balaban J connectivity index is 3.17. The Morgan fingerprint density at radius 1 is 1.47 bits per heavy atom. The number of nitrogens with zero attached hydrogens (tertiary/aromatic N) is 1. The zero-order chi connectivity index (χ0) is 13.2. The van der Waals surface area contributed by atoms with Gasteiger partial charge in [-0.3, -0.25) is 4.79 Å². The van der Waals surface area contributed by atoms with Crippen molar-refractivity contribution in [1.29, 1.82) is 0 Å². The van der Waals surface area contributed by atoms with Crippen molar-refractivity contribution in [3.8, 4) is 0 Å². The van der Waals surface area contributed by atoms with E-state index in [4.69, 9.17) is 5.11 Å². The first-order chi connectivity index (χ1) is 7.70. The quantitative estimate of drug-likeness (QED) is 0.830. The highest BCUT2D eigenvalue weighted by Crippen LogP contribution is 2.07. The lowest BCUT2D eigenvalue weighted by Crippen LogP contribution is -2.27. The topological polar surface area (TPSA) is 93.4 Å². The van der Waals surface area contributed by atoms with Crippen LogP contribution in [0, 0.1) is 0 Å². The summed E-state index contributed by atoms with van der Waals surface area (Å²) >= 11 is 0. The monoisotopic (exact) mass is 259 g/mol. The molecule has 1 heterocycles. The second-order valence-electron chi connectivity index (χ2n) is 3.91. The maximum Gasteiger partial charge on any atom is 0.337 e. The first-order valence-corrected chi connectivity index (χ1v) is 6.90. The van der Waals surface area contributed by atoms with E-state index in [1.807, 2.05) is 0 Å². The number of aromatic nitrogens is 1. The normalized spacial score (nSPS) is 13.3. The van der Waals surface area contributed by atoms with E-state index in [9.17, 15) is 18.0 Å². The summed E-state index contributed by atoms with van der Waals surface area (Å²) in [6.07, 6.45) is 2.22. The molecule has 0 aromatic carbocycles. The summed E-state index contributed by atoms with van der Waals surface area (Å²) < 4.78 is 23.3. The fourth-order valence-corrected chi connectivity index (χ4v) is 2.53. The van der Waals surface area contributed by atoms with Crippen LogP contribution < -0.4 is 5.56 Å². The van der Waals surface area contributed by atoms with Gasteiger partial charge in [0.15, 0.2) is 0 Å². The van der Waals surface area contributed by atoms with Crippen LogP contribution in [0.5, 0.6) is 0 Å². The highest BCUT2D eigenvalue weighted by atomic mass is 32.2. The number of carboxylic acids is 1. The predicted molar refractivity (Wildman–Crippen MR) is 62.1 cm³/mol. The van der Waals surface area contributed by atoms with Crippen molar-refractivity contribution in [2.24, 2.45) is 0 Å². The molecular weight excluding hydrogens is 246 g/mol. The molecule has 94 valence electrons. The third-order valence-corrected chi connectivity index (χ3v) is 3.29. The summed E-state index contributed by atoms with van der Waals surface area (Å²) in [5.74, 6) is -1.37. The van der Waals surface area contributed by atoms with Crippen molar-refractivity contribution < 1.29 is 18.3 Å². The number of pyridine rings is 1. The molecule has 1 aromatic heterocycles. The molecule has 17 heavy (non-hydrogen) atoms. The molecular formula is C10H13NO5S. The smallest absolute Gasteiger partial charge is 0.337 e. The van der Waals surface area contributed by atoms with Gasteiger partial charge in [-0.2, -0.15) is 0 Å². The molecule has 0 aliphatic carbocycles. The zero-order valence-corrected chi connectivity index (χ0v) is 10.3. The Morgan fingerprint density at radius 3 is 2.53 bits per heavy atom. The number of sulfone groups is 1. The van der Waals surface area contributed by atoms with Gasteiger partial charge in [0.1, 0.15) is 9.84 Å². The number of carbonyl (C=O) groups is 1. The van der Waals surface area contributed by atoms with Crippen LogP contribution in [-0.4, -0.2) is 36.1 Å². The van der Waals surface area contributed by atoms with Gasteiger partial charge >= 0.3 is 5.97 Å². The first kappa shape index (κ1) is 13.4. The minimum Gasteiger partial charge on any atom is -0.478 e. The van der Waals surface area contributed by atoms with Gasteiger partial charge in [0.25, 0.3) is 5.56 Å². The summed E-state index contributed by atoms with van der Waals surface area (Å²) in [5.41, 5.74) is -0.476. The predicted octanol–water partition coefficient (Wildman–Crippen LogP) is 0.152. The molecule has 0 radical (unpaired) electrons. The lowest BCUT2D eigenvalue weighted by molar-refractivity contribution is 0.0695. The van der Waals surface area contributed by atoms with E-state index in [0.717, 1.165) is 23.1 Å². The zero-order valence-electron chi connectivity index (χ0n) is 9.45. The Morgan fingerprint density at radius 2 is 2.06 bits per heavy atom. The molecule has 0 fully saturated rings. The Bertz CT molecular complexity index is 587. The van der Waals surface area contributed by atoms with Gasteiger partial charge in [0, 0.05) is 24.6 Å². The number of hydrogen-bond acceptors (Lipinski definition) is 4. The molecule has 6 nitrogen and oxygen atoms in total. The van der Waals surface area contributed by atoms with Crippen molar-refractivity contribution in [1.82, 2.24) is 4.57 Å². The lowest BCUT2D eigenvalue weighted by atomic mass is 10.2. The van der Waals surface area contributed by atoms with Gasteiger partial charge in [-0.25, -0.2) is 13.2 Å². The fourth-order valence-electron chi connectivity index (χ4n) is 1.49. The SMILES string of the molecule is CC(CS(C)(=O)=O)n1cc(C(=O)O)ccc1=O. The van der Waals surface area contributed by atoms with Gasteiger partial charge in [-0.15, -0.1) is 0 Å². The first-order valence-electron chi connectivity index (χ1n) is 4.84. The average Bonchev–Trinajstić information content (AvgIpc) is 2.14. The molecule has 1 aromatic rings. The van der Waals surface area contributed by atoms with Crippen LogP contribution in [0.4, 0.5) is 0 Å². The molecule has 1 atom stereocenters. The molecule has 0 spiro atoms. The summed E-state index contributed by atoms with van der Waals surface area (Å²) in [6.45, 7) is 1.55. The number of rotatable bonds is 4. The van der Waals surface area contributed by atoms with Gasteiger partial charge in [0.2, 0.25) is 0 Å². The standard InChI is InChI=1S/C10H13NO5S/c1-7(6-17(2,15)16)11-5-8(10(13)14)3-4-9(11)12/h3-5,7H,6H2,1-2H3,(H,13,14). The number of hydrogen-bond donors (Lipinski definition) is 1. The molecule has 1 unspecified atom stereocenters. The Kier molecular flexibility index (Phi) is 3.72. The molecule has 0 amide bonds. The summed E-state index contributed by atoms with van der Waals surface area (Å²) in [4.78, 5) is 22.2. The van der Waals surface area contributed by atoms with Gasteiger partial charge in [-0.1, -0.05) is 0 Å². The molecule has 0 saturated heterocycles. The highest BCUT2D eigenvalue weighted by molar-refractivity contribution is 7.90. The van der Waals surface area contributed by atoms with Crippen LogP contribution in [0.2, 0.25) is 0 Å². The second-order valence-corrected chi connectivity index (χ2v) is 6.09. The van der Waals surface area contributed by atoms with E-state index in [2.05, 4.69) is 0 Å². The summed E-state index contributed by atoms with van der Waals surface area (Å²) in [6, 6.07) is 1.70. The van der Waals surface area contributed by atoms with E-state index in [1.165, 1.54) is 6.07 Å². The van der Waals surface area contributed by atoms with Crippen LogP contribution in [0.15, 0.2) is 23.1 Å². The van der Waals surface area contributed by atoms with Crippen LogP contribution in [0.3, 0.4) is 0 Å². The molecule has 0 aliphatic heterocycles. The van der Waals surface area contributed by atoms with Crippen molar-refractivity contribution in [3.05, 3.63) is 34.2 Å². The third kappa shape index (κ3) is 3.70. The van der Waals surface area contributed by atoms with Gasteiger partial charge in [0.05, 0.1) is 11.3 Å². The van der Waals surface area contributed by atoms with E-state index in [1.54, 1.807) is 6.92 Å². The Labute approximate surface area is 98.4 Å². The highest BCUT2D eigenvalue weighted by Gasteiger charge is 2.15. The molecule has 7 heteroatoms. The van der Waals surface area contributed by atoms with E-state index < -0.39 is 27.4 Å². The lowest BCUT2D eigenvalue weighted by Gasteiger charge is -2.14. The van der Waals surface area contributed by atoms with Crippen molar-refractivity contribution in [2.45, 2.75) is 13.0 Å². The maximum atomic E-state index is 11.5. The van der Waals surface area contributed by atoms with Crippen molar-refractivity contribution >= 4 is 15.8 Å². The largest absolute Gasteiger partial charge is 0.478 e. The summed E-state index contributed by atoms with van der Waals surface area (Å²) in [7, 11) is -3.23. The number of carboxylic acid groups (broad SMARTS) is 1. The van der Waals surface area contributed by atoms with Gasteiger partial charge in [-0.05, 0) is 13.0 Å². The average molecular weight is 259 g/mol. The summed E-state index contributed by atoms with van der Waals surface area (Å²) in [5, 5.41) is 8.78. The molecule has 0 bridgehead atoms. The van der Waals surface area contributed by atoms with Gasteiger partial charge < -0.3 is 9.67 Å². The van der Waals surface area contributed by atoms with Crippen LogP contribution in [0.1, 0.15) is 23.3 Å². The maximum absolute atomic E-state index is 11.5. The van der Waals surface area contributed by atoms with Crippen molar-refractivity contribution in [2.75, 3.05) is 12.0 Å². The Hall–Kier alpha value is -1.63. The van der Waals surface area contributed by atoms with Crippen molar-refractivity contribution in [3.63, 3.8) is 0 Å². The molecule has 1 N–H and O–H groups in total. The van der Waals surface area contributed by atoms with Crippen LogP contribution in [0.25, 0.3) is 0 Å².